The number of rotatable bonds is 11. The van der Waals surface area contributed by atoms with Crippen LogP contribution >= 0.6 is 34.5 Å². The minimum absolute atomic E-state index is 0.0784. The zero-order valence-electron chi connectivity index (χ0n) is 24.4. The van der Waals surface area contributed by atoms with Crippen molar-refractivity contribution in [2.75, 3.05) is 22.8 Å². The third-order valence-electron chi connectivity index (χ3n) is 7.03. The van der Waals surface area contributed by atoms with E-state index < -0.39 is 34.0 Å². The van der Waals surface area contributed by atoms with E-state index in [0.29, 0.717) is 33.6 Å². The van der Waals surface area contributed by atoms with E-state index in [4.69, 9.17) is 32.7 Å². The fourth-order valence-corrected chi connectivity index (χ4v) is 8.23. The van der Waals surface area contributed by atoms with Crippen molar-refractivity contribution in [3.63, 3.8) is 0 Å². The topological polar surface area (TPSA) is 119 Å². The predicted molar refractivity (Wildman–Crippen MR) is 173 cm³/mol. The summed E-state index contributed by atoms with van der Waals surface area (Å²) in [7, 11) is -4.27. The molecule has 1 aliphatic carbocycles. The van der Waals surface area contributed by atoms with Gasteiger partial charge in [-0.25, -0.2) is 18.0 Å². The molecule has 3 aromatic rings. The lowest BCUT2D eigenvalue weighted by Gasteiger charge is -2.24. The molecule has 0 spiro atoms. The number of sulfonamides is 1. The molecular formula is C31H32Cl2N2O7S2. The maximum absolute atomic E-state index is 13.7. The highest BCUT2D eigenvalue weighted by Crippen LogP contribution is 2.40. The van der Waals surface area contributed by atoms with Crippen LogP contribution in [0.25, 0.3) is 0 Å². The second kappa shape index (κ2) is 14.2. The van der Waals surface area contributed by atoms with Crippen molar-refractivity contribution in [3.05, 3.63) is 86.7 Å². The number of carbonyl (C=O) groups excluding carboxylic acids is 3. The molecule has 9 nitrogen and oxygen atoms in total. The first-order valence-corrected chi connectivity index (χ1v) is 16.9. The van der Waals surface area contributed by atoms with Crippen molar-refractivity contribution >= 4 is 73.1 Å². The van der Waals surface area contributed by atoms with Crippen LogP contribution in [0.1, 0.15) is 58.3 Å². The third-order valence-corrected chi connectivity index (χ3v) is 10.7. The SMILES string of the molecule is C=CCN(c1ccc(Cl)cc1)S(=O)(=O)c1cc(C(=O)O[C@H](C)C(=O)Nc2sc3c(c2C(=O)OCC)CC[C@H](C)C3)ccc1Cl. The number of benzene rings is 2. The fourth-order valence-electron chi connectivity index (χ4n) is 4.77. The van der Waals surface area contributed by atoms with Gasteiger partial charge in [0.1, 0.15) is 9.90 Å². The van der Waals surface area contributed by atoms with E-state index in [2.05, 4.69) is 18.8 Å². The number of amides is 1. The highest BCUT2D eigenvalue weighted by atomic mass is 35.5. The molecule has 1 heterocycles. The quantitative estimate of drug-likeness (QED) is 0.173. The molecule has 44 heavy (non-hydrogen) atoms. The molecule has 4 rings (SSSR count). The van der Waals surface area contributed by atoms with Gasteiger partial charge >= 0.3 is 11.9 Å². The normalized spacial score (nSPS) is 15.1. The van der Waals surface area contributed by atoms with Crippen molar-refractivity contribution in [1.82, 2.24) is 0 Å². The van der Waals surface area contributed by atoms with Crippen LogP contribution in [-0.2, 0) is 37.1 Å². The van der Waals surface area contributed by atoms with E-state index in [1.165, 1.54) is 48.6 Å². The van der Waals surface area contributed by atoms with E-state index in [1.807, 2.05) is 0 Å². The number of halogens is 2. The number of anilines is 2. The molecule has 0 fully saturated rings. The Morgan fingerprint density at radius 2 is 1.86 bits per heavy atom. The fraction of sp³-hybridized carbons (Fsp3) is 0.323. The molecular weight excluding hydrogens is 647 g/mol. The summed E-state index contributed by atoms with van der Waals surface area (Å²) in [4.78, 5) is 39.7. The van der Waals surface area contributed by atoms with E-state index in [-0.39, 0.29) is 28.6 Å². The molecule has 0 bridgehead atoms. The first-order chi connectivity index (χ1) is 20.9. The van der Waals surface area contributed by atoms with Gasteiger partial charge in [0.25, 0.3) is 15.9 Å². The molecule has 0 unspecified atom stereocenters. The Kier molecular flexibility index (Phi) is 10.8. The lowest BCUT2D eigenvalue weighted by molar-refractivity contribution is -0.123. The van der Waals surface area contributed by atoms with Gasteiger partial charge in [0.15, 0.2) is 6.10 Å². The summed E-state index contributed by atoms with van der Waals surface area (Å²) in [5.74, 6) is -1.66. The minimum atomic E-state index is -4.27. The zero-order chi connectivity index (χ0) is 32.2. The molecule has 1 amide bonds. The first-order valence-electron chi connectivity index (χ1n) is 13.9. The number of fused-ring (bicyclic) bond motifs is 1. The highest BCUT2D eigenvalue weighted by molar-refractivity contribution is 7.93. The van der Waals surface area contributed by atoms with E-state index >= 15 is 0 Å². The maximum atomic E-state index is 13.7. The number of carbonyl (C=O) groups is 3. The van der Waals surface area contributed by atoms with Crippen LogP contribution < -0.4 is 9.62 Å². The van der Waals surface area contributed by atoms with Gasteiger partial charge in [-0.2, -0.15) is 0 Å². The van der Waals surface area contributed by atoms with E-state index in [9.17, 15) is 22.8 Å². The van der Waals surface area contributed by atoms with E-state index in [1.54, 1.807) is 19.1 Å². The summed E-state index contributed by atoms with van der Waals surface area (Å²) in [5, 5.41) is 3.39. The van der Waals surface area contributed by atoms with Crippen LogP contribution in [0.5, 0.6) is 0 Å². The Bertz CT molecular complexity index is 1690. The molecule has 0 radical (unpaired) electrons. The molecule has 234 valence electrons. The van der Waals surface area contributed by atoms with Crippen LogP contribution in [0.3, 0.4) is 0 Å². The Hall–Kier alpha value is -3.38. The number of hydrogen-bond donors (Lipinski definition) is 1. The van der Waals surface area contributed by atoms with Gasteiger partial charge in [-0.15, -0.1) is 17.9 Å². The minimum Gasteiger partial charge on any atom is -0.462 e. The van der Waals surface area contributed by atoms with Crippen LogP contribution in [-0.4, -0.2) is 45.5 Å². The Morgan fingerprint density at radius 3 is 2.52 bits per heavy atom. The number of nitrogens with one attached hydrogen (secondary N) is 1. The summed E-state index contributed by atoms with van der Waals surface area (Å²) in [6, 6.07) is 9.84. The molecule has 13 heteroatoms. The summed E-state index contributed by atoms with van der Waals surface area (Å²) >= 11 is 13.6. The van der Waals surface area contributed by atoms with Gasteiger partial charge in [-0.05, 0) is 87.1 Å². The van der Waals surface area contributed by atoms with Crippen molar-refractivity contribution in [2.24, 2.45) is 5.92 Å². The summed E-state index contributed by atoms with van der Waals surface area (Å²) < 4.78 is 39.1. The lowest BCUT2D eigenvalue weighted by atomic mass is 9.88. The molecule has 1 aliphatic rings. The number of nitrogens with zero attached hydrogens (tertiary/aromatic N) is 1. The van der Waals surface area contributed by atoms with Gasteiger partial charge in [-0.1, -0.05) is 36.2 Å². The molecule has 1 aromatic heterocycles. The Labute approximate surface area is 270 Å². The molecule has 1 N–H and O–H groups in total. The van der Waals surface area contributed by atoms with Gasteiger partial charge in [0.2, 0.25) is 0 Å². The van der Waals surface area contributed by atoms with Gasteiger partial charge in [-0.3, -0.25) is 9.10 Å². The number of thiophene rings is 1. The molecule has 2 atom stereocenters. The van der Waals surface area contributed by atoms with E-state index in [0.717, 1.165) is 33.7 Å². The van der Waals surface area contributed by atoms with Crippen molar-refractivity contribution in [2.45, 2.75) is 51.0 Å². The number of hydrogen-bond acceptors (Lipinski definition) is 8. The Balaban J connectivity index is 1.55. The predicted octanol–water partition coefficient (Wildman–Crippen LogP) is 6.92. The van der Waals surface area contributed by atoms with Gasteiger partial charge in [0.05, 0.1) is 35.0 Å². The average Bonchev–Trinajstić information content (AvgIpc) is 3.33. The molecule has 0 saturated heterocycles. The highest BCUT2D eigenvalue weighted by Gasteiger charge is 2.31. The maximum Gasteiger partial charge on any atom is 0.341 e. The van der Waals surface area contributed by atoms with Crippen molar-refractivity contribution in [3.8, 4) is 0 Å². The van der Waals surface area contributed by atoms with Crippen molar-refractivity contribution < 1.29 is 32.3 Å². The van der Waals surface area contributed by atoms with Crippen molar-refractivity contribution in [1.29, 1.82) is 0 Å². The first kappa shape index (κ1) is 33.5. The monoisotopic (exact) mass is 678 g/mol. The third kappa shape index (κ3) is 7.28. The second-order valence-electron chi connectivity index (χ2n) is 10.3. The molecule has 0 saturated carbocycles. The van der Waals surface area contributed by atoms with Crippen LogP contribution in [0.4, 0.5) is 10.7 Å². The second-order valence-corrected chi connectivity index (χ2v) is 14.0. The lowest BCUT2D eigenvalue weighted by Crippen LogP contribution is -2.32. The molecule has 0 aliphatic heterocycles. The van der Waals surface area contributed by atoms with Crippen LogP contribution in [0.2, 0.25) is 10.0 Å². The van der Waals surface area contributed by atoms with Crippen LogP contribution in [0, 0.1) is 5.92 Å². The zero-order valence-corrected chi connectivity index (χ0v) is 27.5. The smallest absolute Gasteiger partial charge is 0.341 e. The van der Waals surface area contributed by atoms with Crippen LogP contribution in [0.15, 0.2) is 60.0 Å². The van der Waals surface area contributed by atoms with Gasteiger partial charge < -0.3 is 14.8 Å². The average molecular weight is 680 g/mol. The number of ether oxygens (including phenoxy) is 2. The summed E-state index contributed by atoms with van der Waals surface area (Å²) in [6.45, 7) is 8.97. The summed E-state index contributed by atoms with van der Waals surface area (Å²) in [5.41, 5.74) is 1.40. The largest absolute Gasteiger partial charge is 0.462 e. The standard InChI is InChI=1S/C31H32Cl2N2O7S2/c1-5-15-35(22-11-9-21(32)10-12-22)44(39,40)26-17-20(8-14-24(26)33)30(37)42-19(4)28(36)34-29-27(31(38)41-6-2)23-13-7-18(3)16-25(23)43-29/h5,8-12,14,17-19H,1,6-7,13,15-16H2,2-4H3,(H,34,36)/t18-,19+/m0/s1. The van der Waals surface area contributed by atoms with Gasteiger partial charge in [0, 0.05) is 9.90 Å². The summed E-state index contributed by atoms with van der Waals surface area (Å²) in [6.07, 6.45) is 2.54. The Morgan fingerprint density at radius 1 is 1.16 bits per heavy atom. The molecule has 2 aromatic carbocycles. The number of esters is 2.